The van der Waals surface area contributed by atoms with Crippen LogP contribution in [-0.4, -0.2) is 70.3 Å². The van der Waals surface area contributed by atoms with Crippen molar-refractivity contribution < 1.29 is 29.0 Å². The number of rotatable bonds is 9. The summed E-state index contributed by atoms with van der Waals surface area (Å²) in [7, 11) is 0. The van der Waals surface area contributed by atoms with Crippen LogP contribution in [0.1, 0.15) is 72.1 Å². The van der Waals surface area contributed by atoms with E-state index in [-0.39, 0.29) is 30.4 Å². The number of benzene rings is 1. The van der Waals surface area contributed by atoms with Gasteiger partial charge in [-0.1, -0.05) is 26.2 Å². The molecule has 6 atom stereocenters. The van der Waals surface area contributed by atoms with Crippen LogP contribution < -0.4 is 15.4 Å². The number of ether oxygens (including phenoxy) is 2. The lowest BCUT2D eigenvalue weighted by Gasteiger charge is -2.37. The summed E-state index contributed by atoms with van der Waals surface area (Å²) in [5, 5.41) is 16.2. The number of carbonyl (C=O) groups excluding carboxylic acids is 3. The number of fused-ring (bicyclic) bond motifs is 1. The van der Waals surface area contributed by atoms with Gasteiger partial charge in [-0.2, -0.15) is 0 Å². The third kappa shape index (κ3) is 4.28. The minimum atomic E-state index is -1.09. The maximum absolute atomic E-state index is 14.1. The van der Waals surface area contributed by atoms with E-state index < -0.39 is 35.1 Å². The lowest BCUT2D eigenvalue weighted by atomic mass is 9.65. The maximum atomic E-state index is 14.1. The molecule has 38 heavy (non-hydrogen) atoms. The average molecular weight is 528 g/mol. The number of anilines is 1. The van der Waals surface area contributed by atoms with Gasteiger partial charge in [-0.3, -0.25) is 14.4 Å². The Balaban J connectivity index is 1.46. The Bertz CT molecular complexity index is 1060. The van der Waals surface area contributed by atoms with E-state index in [1.165, 1.54) is 11.3 Å². The molecule has 2 bridgehead atoms. The maximum Gasteiger partial charge on any atom is 0.246 e. The molecule has 208 valence electrons. The van der Waals surface area contributed by atoms with Crippen LogP contribution in [0.2, 0.25) is 0 Å². The predicted molar refractivity (Wildman–Crippen MR) is 141 cm³/mol. The number of carbonyl (C=O) groups is 3. The van der Waals surface area contributed by atoms with Crippen LogP contribution in [0, 0.1) is 11.8 Å². The van der Waals surface area contributed by atoms with Crippen molar-refractivity contribution in [2.75, 3.05) is 18.5 Å². The normalized spacial score (nSPS) is 33.2. The topological polar surface area (TPSA) is 117 Å². The van der Waals surface area contributed by atoms with Crippen LogP contribution in [0.4, 0.5) is 5.69 Å². The number of aliphatic hydroxyl groups excluding tert-OH is 1. The van der Waals surface area contributed by atoms with E-state index in [1.807, 2.05) is 13.8 Å². The SMILES string of the molecule is CCOc1ccc(NC(=O)[C@H]2[C@H]3C(=O)N([C@H](C)CO)C(C(=O)NC4CCCCC4)C34CC[C@]2(CC)O4)cc1. The van der Waals surface area contributed by atoms with E-state index in [0.29, 0.717) is 37.3 Å². The van der Waals surface area contributed by atoms with Crippen molar-refractivity contribution in [3.05, 3.63) is 24.3 Å². The number of amides is 3. The fraction of sp³-hybridized carbons (Fsp3) is 0.690. The second-order valence-corrected chi connectivity index (χ2v) is 11.4. The van der Waals surface area contributed by atoms with Crippen molar-refractivity contribution in [1.82, 2.24) is 10.2 Å². The third-order valence-corrected chi connectivity index (χ3v) is 9.27. The van der Waals surface area contributed by atoms with Gasteiger partial charge < -0.3 is 30.1 Å². The van der Waals surface area contributed by atoms with Gasteiger partial charge in [-0.05, 0) is 70.2 Å². The molecule has 2 unspecified atom stereocenters. The Morgan fingerprint density at radius 2 is 1.84 bits per heavy atom. The molecular weight excluding hydrogens is 486 g/mol. The standard InChI is InChI=1S/C29H41N3O6/c1-4-28-15-16-29(38-28)23(22(28)25(34)30-20-11-13-21(14-12-20)37-5-2)27(36)32(18(3)17-33)24(29)26(35)31-19-9-7-6-8-10-19/h11-14,18-19,22-24,33H,4-10,15-17H2,1-3H3,(H,30,34)(H,31,35)/t18-,22-,23+,24?,28+,29?/m1/s1. The number of aliphatic hydroxyl groups is 1. The fourth-order valence-electron chi connectivity index (χ4n) is 7.46. The predicted octanol–water partition coefficient (Wildman–Crippen LogP) is 3.01. The molecule has 5 rings (SSSR count). The molecular formula is C29H41N3O6. The van der Waals surface area contributed by atoms with Crippen molar-refractivity contribution >= 4 is 23.4 Å². The Labute approximate surface area is 224 Å². The number of hydrogen-bond acceptors (Lipinski definition) is 6. The van der Waals surface area contributed by atoms with Gasteiger partial charge in [0, 0.05) is 11.7 Å². The van der Waals surface area contributed by atoms with Gasteiger partial charge in [0.1, 0.15) is 17.4 Å². The van der Waals surface area contributed by atoms with E-state index in [4.69, 9.17) is 9.47 Å². The second kappa shape index (κ2) is 10.5. The molecule has 1 spiro atoms. The molecule has 4 fully saturated rings. The second-order valence-electron chi connectivity index (χ2n) is 11.4. The number of likely N-dealkylation sites (tertiary alicyclic amines) is 1. The number of nitrogens with one attached hydrogen (secondary N) is 2. The van der Waals surface area contributed by atoms with Gasteiger partial charge >= 0.3 is 0 Å². The Kier molecular flexibility index (Phi) is 7.44. The minimum absolute atomic E-state index is 0.0746. The molecule has 3 amide bonds. The van der Waals surface area contributed by atoms with Gasteiger partial charge in [0.25, 0.3) is 0 Å². The first kappa shape index (κ1) is 26.9. The van der Waals surface area contributed by atoms with Gasteiger partial charge in [0.05, 0.1) is 36.7 Å². The third-order valence-electron chi connectivity index (χ3n) is 9.27. The highest BCUT2D eigenvalue weighted by molar-refractivity contribution is 6.02. The van der Waals surface area contributed by atoms with Gasteiger partial charge in [0.2, 0.25) is 17.7 Å². The lowest BCUT2D eigenvalue weighted by molar-refractivity contribution is -0.150. The van der Waals surface area contributed by atoms with Crippen molar-refractivity contribution in [2.24, 2.45) is 11.8 Å². The van der Waals surface area contributed by atoms with Crippen molar-refractivity contribution in [3.63, 3.8) is 0 Å². The Morgan fingerprint density at radius 1 is 1.13 bits per heavy atom. The zero-order chi connectivity index (χ0) is 27.1. The van der Waals surface area contributed by atoms with Crippen molar-refractivity contribution in [2.45, 2.75) is 101 Å². The zero-order valence-corrected chi connectivity index (χ0v) is 22.7. The van der Waals surface area contributed by atoms with Crippen LogP contribution in [-0.2, 0) is 19.1 Å². The quantitative estimate of drug-likeness (QED) is 0.455. The zero-order valence-electron chi connectivity index (χ0n) is 22.7. The first-order valence-electron chi connectivity index (χ1n) is 14.3. The molecule has 3 N–H and O–H groups in total. The molecule has 1 saturated carbocycles. The van der Waals surface area contributed by atoms with E-state index in [2.05, 4.69) is 10.6 Å². The Morgan fingerprint density at radius 3 is 2.47 bits per heavy atom. The molecule has 3 saturated heterocycles. The van der Waals surface area contributed by atoms with E-state index in [9.17, 15) is 19.5 Å². The molecule has 3 aliphatic heterocycles. The molecule has 3 heterocycles. The molecule has 0 aromatic heterocycles. The van der Waals surface area contributed by atoms with Gasteiger partial charge in [-0.15, -0.1) is 0 Å². The van der Waals surface area contributed by atoms with E-state index in [1.54, 1.807) is 31.2 Å². The van der Waals surface area contributed by atoms with E-state index >= 15 is 0 Å². The highest BCUT2D eigenvalue weighted by Crippen LogP contribution is 2.64. The minimum Gasteiger partial charge on any atom is -0.494 e. The summed E-state index contributed by atoms with van der Waals surface area (Å²) < 4.78 is 12.3. The van der Waals surface area contributed by atoms with Crippen molar-refractivity contribution in [1.29, 1.82) is 0 Å². The average Bonchev–Trinajstić information content (AvgIpc) is 3.53. The highest BCUT2D eigenvalue weighted by atomic mass is 16.5. The van der Waals surface area contributed by atoms with Crippen LogP contribution >= 0.6 is 0 Å². The molecule has 9 heteroatoms. The first-order valence-corrected chi connectivity index (χ1v) is 14.3. The summed E-state index contributed by atoms with van der Waals surface area (Å²) >= 11 is 0. The van der Waals surface area contributed by atoms with Crippen LogP contribution in [0.3, 0.4) is 0 Å². The molecule has 9 nitrogen and oxygen atoms in total. The molecule has 1 aromatic rings. The fourth-order valence-corrected chi connectivity index (χ4v) is 7.46. The van der Waals surface area contributed by atoms with Crippen molar-refractivity contribution in [3.8, 4) is 5.75 Å². The summed E-state index contributed by atoms with van der Waals surface area (Å²) in [4.78, 5) is 43.3. The van der Waals surface area contributed by atoms with Crippen LogP contribution in [0.15, 0.2) is 24.3 Å². The summed E-state index contributed by atoms with van der Waals surface area (Å²) in [6.07, 6.45) is 6.85. The molecule has 1 aromatic carbocycles. The summed E-state index contributed by atoms with van der Waals surface area (Å²) in [6.45, 7) is 5.91. The van der Waals surface area contributed by atoms with Gasteiger partial charge in [-0.25, -0.2) is 0 Å². The van der Waals surface area contributed by atoms with Gasteiger partial charge in [0.15, 0.2) is 0 Å². The molecule has 1 aliphatic carbocycles. The number of hydrogen-bond donors (Lipinski definition) is 3. The summed E-state index contributed by atoms with van der Waals surface area (Å²) in [6, 6.07) is 5.78. The number of nitrogens with zero attached hydrogens (tertiary/aromatic N) is 1. The lowest BCUT2D eigenvalue weighted by Crippen LogP contribution is -2.59. The smallest absolute Gasteiger partial charge is 0.246 e. The largest absolute Gasteiger partial charge is 0.494 e. The van der Waals surface area contributed by atoms with Crippen LogP contribution in [0.5, 0.6) is 5.75 Å². The summed E-state index contributed by atoms with van der Waals surface area (Å²) in [5.41, 5.74) is -1.29. The monoisotopic (exact) mass is 527 g/mol. The molecule has 0 radical (unpaired) electrons. The molecule has 4 aliphatic rings. The Hall–Kier alpha value is -2.65. The highest BCUT2D eigenvalue weighted by Gasteiger charge is 2.79. The first-order chi connectivity index (χ1) is 18.3. The van der Waals surface area contributed by atoms with Crippen LogP contribution in [0.25, 0.3) is 0 Å². The summed E-state index contributed by atoms with van der Waals surface area (Å²) in [5.74, 6) is -1.59. The van der Waals surface area contributed by atoms with E-state index in [0.717, 1.165) is 25.7 Å².